The van der Waals surface area contributed by atoms with Crippen molar-refractivity contribution in [2.75, 3.05) is 13.2 Å². The lowest BCUT2D eigenvalue weighted by molar-refractivity contribution is -0.420. The summed E-state index contributed by atoms with van der Waals surface area (Å²) >= 11 is 19.4. The van der Waals surface area contributed by atoms with Crippen LogP contribution in [0.25, 0.3) is 0 Å². The summed E-state index contributed by atoms with van der Waals surface area (Å²) in [7, 11) is 0. The van der Waals surface area contributed by atoms with Crippen molar-refractivity contribution in [1.29, 1.82) is 0 Å². The maximum atomic E-state index is 10.6. The predicted molar refractivity (Wildman–Crippen MR) is 62.6 cm³/mol. The summed E-state index contributed by atoms with van der Waals surface area (Å²) < 4.78 is -0.125. The number of halogens is 4. The number of hydrogen-bond acceptors (Lipinski definition) is 4. The molecule has 2 N–H and O–H groups in total. The molecule has 0 heterocycles. The van der Waals surface area contributed by atoms with E-state index >= 15 is 0 Å². The topological polar surface area (TPSA) is 75.4 Å². The average molecular weight is 340 g/mol. The van der Waals surface area contributed by atoms with E-state index < -0.39 is 10.6 Å². The second-order valence-electron chi connectivity index (χ2n) is 2.14. The van der Waals surface area contributed by atoms with Gasteiger partial charge in [0.25, 0.3) is 0 Å². The Balaban J connectivity index is 5.12. The molecule has 9 heteroatoms. The van der Waals surface area contributed by atoms with Crippen molar-refractivity contribution in [3.8, 4) is 0 Å². The van der Waals surface area contributed by atoms with Crippen LogP contribution in [-0.2, 0) is 0 Å². The molecule has 5 nitrogen and oxygen atoms in total. The second kappa shape index (κ2) is 7.29. The Hall–Kier alpha value is -0.0100. The van der Waals surface area contributed by atoms with Crippen LogP contribution in [0.15, 0.2) is 19.8 Å². The van der Waals surface area contributed by atoms with Gasteiger partial charge < -0.3 is 10.4 Å². The first-order chi connectivity index (χ1) is 6.91. The normalized spacial score (nSPS) is 14.2. The fraction of sp³-hybridized carbons (Fsp3) is 0.333. The molecule has 0 fully saturated rings. The van der Waals surface area contributed by atoms with E-state index in [9.17, 15) is 10.1 Å². The number of nitrogens with one attached hydrogen (secondary N) is 1. The third-order valence-electron chi connectivity index (χ3n) is 1.16. The molecule has 86 valence electrons. The minimum Gasteiger partial charge on any atom is -0.395 e. The number of nitro groups is 1. The van der Waals surface area contributed by atoms with Crippen LogP contribution in [0.1, 0.15) is 0 Å². The predicted octanol–water partition coefficient (Wildman–Crippen LogP) is 2.29. The van der Waals surface area contributed by atoms with Gasteiger partial charge in [-0.1, -0.05) is 34.8 Å². The number of rotatable bonds is 5. The number of allylic oxidation sites excluding steroid dienone is 1. The first-order valence-corrected chi connectivity index (χ1v) is 5.44. The van der Waals surface area contributed by atoms with Gasteiger partial charge in [0.15, 0.2) is 5.16 Å². The Labute approximate surface area is 109 Å². The summed E-state index contributed by atoms with van der Waals surface area (Å²) in [5, 5.41) is 20.9. The van der Waals surface area contributed by atoms with Gasteiger partial charge in [-0.15, -0.1) is 0 Å². The maximum Gasteiger partial charge on any atom is 0.324 e. The molecule has 0 rings (SSSR count). The van der Waals surface area contributed by atoms with E-state index in [0.29, 0.717) is 0 Å². The highest BCUT2D eigenvalue weighted by Gasteiger charge is 2.23. The third kappa shape index (κ3) is 5.03. The number of aliphatic hydroxyl groups excluding tert-OH is 1. The Morgan fingerprint density at radius 3 is 2.33 bits per heavy atom. The van der Waals surface area contributed by atoms with Gasteiger partial charge in [-0.05, 0) is 15.9 Å². The molecule has 15 heavy (non-hydrogen) atoms. The molecule has 0 atom stereocenters. The number of hydrogen-bond donors (Lipinski definition) is 2. The lowest BCUT2D eigenvalue weighted by Crippen LogP contribution is -2.18. The monoisotopic (exact) mass is 338 g/mol. The summed E-state index contributed by atoms with van der Waals surface area (Å²) in [5.41, 5.74) is -0.561. The van der Waals surface area contributed by atoms with Gasteiger partial charge in [-0.25, -0.2) is 0 Å². The van der Waals surface area contributed by atoms with Crippen LogP contribution >= 0.6 is 50.7 Å². The molecule has 0 bridgehead atoms. The molecule has 0 aromatic carbocycles. The molecular formula is C6H6BrCl3N2O3. The molecule has 0 amide bonds. The van der Waals surface area contributed by atoms with E-state index in [0.717, 1.165) is 0 Å². The smallest absolute Gasteiger partial charge is 0.324 e. The largest absolute Gasteiger partial charge is 0.395 e. The highest BCUT2D eigenvalue weighted by atomic mass is 79.9. The van der Waals surface area contributed by atoms with Gasteiger partial charge >= 0.3 is 5.70 Å². The quantitative estimate of drug-likeness (QED) is 0.348. The van der Waals surface area contributed by atoms with E-state index in [4.69, 9.17) is 39.9 Å². The van der Waals surface area contributed by atoms with Crippen molar-refractivity contribution in [3.63, 3.8) is 0 Å². The molecule has 0 aromatic heterocycles. The molecule has 0 spiro atoms. The minimum atomic E-state index is -0.779. The van der Waals surface area contributed by atoms with Crippen molar-refractivity contribution in [3.05, 3.63) is 29.9 Å². The zero-order chi connectivity index (χ0) is 12.0. The first-order valence-electron chi connectivity index (χ1n) is 3.51. The summed E-state index contributed by atoms with van der Waals surface area (Å²) in [6, 6.07) is 0. The SMILES string of the molecule is O=[N+]([O-])C(=C(Cl)NCCO)C(Cl)=C(Cl)Br. The molecule has 0 aromatic rings. The number of aliphatic hydroxyl groups is 1. The van der Waals surface area contributed by atoms with E-state index in [1.165, 1.54) is 0 Å². The highest BCUT2D eigenvalue weighted by molar-refractivity contribution is 9.12. The maximum absolute atomic E-state index is 10.6. The van der Waals surface area contributed by atoms with Gasteiger partial charge in [-0.2, -0.15) is 0 Å². The van der Waals surface area contributed by atoms with Gasteiger partial charge in [0.05, 0.1) is 11.5 Å². The van der Waals surface area contributed by atoms with Gasteiger partial charge in [0.2, 0.25) is 0 Å². The van der Waals surface area contributed by atoms with Gasteiger partial charge in [-0.3, -0.25) is 10.1 Å². The second-order valence-corrected chi connectivity index (χ2v) is 4.53. The van der Waals surface area contributed by atoms with Crippen LogP contribution in [-0.4, -0.2) is 23.2 Å². The van der Waals surface area contributed by atoms with Crippen LogP contribution in [0.3, 0.4) is 0 Å². The van der Waals surface area contributed by atoms with Crippen LogP contribution in [0, 0.1) is 10.1 Å². The van der Waals surface area contributed by atoms with Crippen molar-refractivity contribution in [2.45, 2.75) is 0 Å². The van der Waals surface area contributed by atoms with E-state index in [-0.39, 0.29) is 27.3 Å². The van der Waals surface area contributed by atoms with Crippen LogP contribution < -0.4 is 5.32 Å². The van der Waals surface area contributed by atoms with Crippen LogP contribution in [0.5, 0.6) is 0 Å². The van der Waals surface area contributed by atoms with Crippen LogP contribution in [0.2, 0.25) is 0 Å². The lowest BCUT2D eigenvalue weighted by Gasteiger charge is -2.03. The Morgan fingerprint density at radius 1 is 1.47 bits per heavy atom. The fourth-order valence-corrected chi connectivity index (χ4v) is 1.34. The highest BCUT2D eigenvalue weighted by Crippen LogP contribution is 2.29. The van der Waals surface area contributed by atoms with Crippen molar-refractivity contribution in [2.24, 2.45) is 0 Å². The standard InChI is InChI=1S/C6H6BrCl3N2O3/c7-5(9)3(8)4(12(14)15)6(10)11-1-2-13/h11,13H,1-2H2. The fourth-order valence-electron chi connectivity index (χ4n) is 0.596. The summed E-state index contributed by atoms with van der Waals surface area (Å²) in [6.07, 6.45) is 0. The van der Waals surface area contributed by atoms with E-state index in [1.807, 2.05) is 0 Å². The minimum absolute atomic E-state index is 0.0697. The zero-order valence-corrected chi connectivity index (χ0v) is 11.0. The summed E-state index contributed by atoms with van der Waals surface area (Å²) in [4.78, 5) is 9.83. The summed E-state index contributed by atoms with van der Waals surface area (Å²) in [5.74, 6) is 0. The van der Waals surface area contributed by atoms with Crippen molar-refractivity contribution < 1.29 is 10.0 Å². The Bertz CT molecular complexity index is 315. The molecule has 0 radical (unpaired) electrons. The molecule has 0 aliphatic rings. The van der Waals surface area contributed by atoms with Gasteiger partial charge in [0.1, 0.15) is 8.97 Å². The molecular weight excluding hydrogens is 334 g/mol. The molecule has 0 aliphatic heterocycles. The average Bonchev–Trinajstić information content (AvgIpc) is 2.14. The van der Waals surface area contributed by atoms with Gasteiger partial charge in [0, 0.05) is 6.54 Å². The van der Waals surface area contributed by atoms with E-state index in [1.54, 1.807) is 0 Å². The molecule has 0 aliphatic carbocycles. The lowest BCUT2D eigenvalue weighted by atomic mass is 10.4. The molecule has 0 saturated carbocycles. The molecule has 0 unspecified atom stereocenters. The van der Waals surface area contributed by atoms with Crippen LogP contribution in [0.4, 0.5) is 0 Å². The molecule has 0 saturated heterocycles. The van der Waals surface area contributed by atoms with E-state index in [2.05, 4.69) is 21.2 Å². The Kier molecular flexibility index (Phi) is 7.29. The van der Waals surface area contributed by atoms with Crippen molar-refractivity contribution >= 4 is 50.7 Å². The van der Waals surface area contributed by atoms with Crippen molar-refractivity contribution in [1.82, 2.24) is 5.32 Å². The number of nitrogens with zero attached hydrogens (tertiary/aromatic N) is 1. The first kappa shape index (κ1) is 15.0. The zero-order valence-electron chi connectivity index (χ0n) is 7.14. The third-order valence-corrected chi connectivity index (χ3v) is 2.75. The Morgan fingerprint density at radius 2 is 2.00 bits per heavy atom. The summed E-state index contributed by atoms with van der Waals surface area (Å²) in [6.45, 7) is -0.148.